The molecular weight excluding hydrogens is 470 g/mol. The molecule has 0 aliphatic carbocycles. The number of rotatable bonds is 4. The van der Waals surface area contributed by atoms with Crippen molar-refractivity contribution in [3.05, 3.63) is 86.0 Å². The van der Waals surface area contributed by atoms with E-state index in [1.807, 2.05) is 70.2 Å². The summed E-state index contributed by atoms with van der Waals surface area (Å²) in [5.74, 6) is -0.568. The summed E-state index contributed by atoms with van der Waals surface area (Å²) in [6.07, 6.45) is 1.87. The predicted octanol–water partition coefficient (Wildman–Crippen LogP) is 6.04. The lowest BCUT2D eigenvalue weighted by atomic mass is 10.1. The Hall–Kier alpha value is -3.29. The zero-order valence-electron chi connectivity index (χ0n) is 19.5. The first-order valence-electron chi connectivity index (χ1n) is 10.6. The number of carbonyl (C=O) groups is 2. The van der Waals surface area contributed by atoms with Gasteiger partial charge in [0.1, 0.15) is 0 Å². The molecule has 4 rings (SSSR count). The number of aliphatic imine (C=N–C) groups is 1. The number of ether oxygens (including phenoxy) is 1. The Labute approximate surface area is 207 Å². The highest BCUT2D eigenvalue weighted by molar-refractivity contribution is 8.18. The van der Waals surface area contributed by atoms with E-state index in [0.717, 1.165) is 39.5 Å². The topological polar surface area (TPSA) is 72.7 Å². The van der Waals surface area contributed by atoms with E-state index in [4.69, 9.17) is 16.3 Å². The molecule has 0 unspecified atom stereocenters. The van der Waals surface area contributed by atoms with Crippen LogP contribution < -0.4 is 5.32 Å². The monoisotopic (exact) mass is 493 g/mol. The maximum absolute atomic E-state index is 12.6. The maximum Gasteiger partial charge on any atom is 0.338 e. The van der Waals surface area contributed by atoms with Crippen LogP contribution in [0.25, 0.3) is 11.8 Å². The number of nitrogens with zero attached hydrogens (tertiary/aromatic N) is 2. The Bertz CT molecular complexity index is 1390. The van der Waals surface area contributed by atoms with Crippen molar-refractivity contribution in [3.8, 4) is 5.69 Å². The molecule has 0 spiro atoms. The predicted molar refractivity (Wildman–Crippen MR) is 138 cm³/mol. The summed E-state index contributed by atoms with van der Waals surface area (Å²) in [4.78, 5) is 29.9. The minimum atomic E-state index is -0.370. The van der Waals surface area contributed by atoms with Gasteiger partial charge in [0.15, 0.2) is 5.17 Å². The van der Waals surface area contributed by atoms with Crippen LogP contribution in [-0.4, -0.2) is 28.7 Å². The van der Waals surface area contributed by atoms with Crippen molar-refractivity contribution in [2.45, 2.75) is 27.7 Å². The Kier molecular flexibility index (Phi) is 6.68. The van der Waals surface area contributed by atoms with Crippen molar-refractivity contribution in [1.82, 2.24) is 9.88 Å². The van der Waals surface area contributed by atoms with Gasteiger partial charge >= 0.3 is 5.97 Å². The molecule has 1 fully saturated rings. The lowest BCUT2D eigenvalue weighted by molar-refractivity contribution is -0.115. The quantitative estimate of drug-likeness (QED) is 0.355. The van der Waals surface area contributed by atoms with Crippen LogP contribution in [-0.2, 0) is 9.53 Å². The third-order valence-corrected chi connectivity index (χ3v) is 7.14. The molecule has 6 nitrogen and oxygen atoms in total. The SMILES string of the molecule is COC(=O)c1cccc(-n2c(C)cc(/C=C3/SC(=Nc4cccc(Cl)c4C)NC3=O)c2C)c1C. The Morgan fingerprint density at radius 3 is 2.59 bits per heavy atom. The van der Waals surface area contributed by atoms with Gasteiger partial charge in [0, 0.05) is 22.1 Å². The van der Waals surface area contributed by atoms with Gasteiger partial charge in [-0.2, -0.15) is 0 Å². The number of hydrogen-bond donors (Lipinski definition) is 1. The van der Waals surface area contributed by atoms with Crippen molar-refractivity contribution in [1.29, 1.82) is 0 Å². The van der Waals surface area contributed by atoms with Crippen LogP contribution in [0.4, 0.5) is 5.69 Å². The summed E-state index contributed by atoms with van der Waals surface area (Å²) in [6, 6.07) is 13.1. The van der Waals surface area contributed by atoms with Gasteiger partial charge in [-0.1, -0.05) is 23.7 Å². The number of methoxy groups -OCH3 is 1. The molecule has 1 aliphatic rings. The Morgan fingerprint density at radius 1 is 1.12 bits per heavy atom. The number of thioether (sulfide) groups is 1. The van der Waals surface area contributed by atoms with Gasteiger partial charge in [-0.25, -0.2) is 9.79 Å². The van der Waals surface area contributed by atoms with E-state index in [1.165, 1.54) is 18.9 Å². The molecule has 2 aromatic carbocycles. The molecule has 1 aliphatic heterocycles. The summed E-state index contributed by atoms with van der Waals surface area (Å²) in [7, 11) is 1.38. The fourth-order valence-corrected chi connectivity index (χ4v) is 4.94. The summed E-state index contributed by atoms with van der Waals surface area (Å²) in [5, 5.41) is 3.97. The third-order valence-electron chi connectivity index (χ3n) is 5.82. The number of aromatic nitrogens is 1. The van der Waals surface area contributed by atoms with E-state index in [0.29, 0.717) is 20.7 Å². The second-order valence-corrected chi connectivity index (χ2v) is 9.41. The van der Waals surface area contributed by atoms with Crippen LogP contribution in [0.5, 0.6) is 0 Å². The van der Waals surface area contributed by atoms with E-state index in [-0.39, 0.29) is 11.9 Å². The zero-order chi connectivity index (χ0) is 24.6. The van der Waals surface area contributed by atoms with Gasteiger partial charge in [-0.3, -0.25) is 4.79 Å². The molecule has 1 saturated heterocycles. The van der Waals surface area contributed by atoms with Crippen LogP contribution in [0.1, 0.15) is 38.4 Å². The number of aryl methyl sites for hydroxylation is 1. The summed E-state index contributed by atoms with van der Waals surface area (Å²) in [6.45, 7) is 7.78. The Morgan fingerprint density at radius 2 is 1.85 bits per heavy atom. The number of esters is 1. The number of benzene rings is 2. The fraction of sp³-hybridized carbons (Fsp3) is 0.192. The first kappa shape index (κ1) is 23.9. The lowest BCUT2D eigenvalue weighted by Crippen LogP contribution is -2.19. The van der Waals surface area contributed by atoms with Crippen LogP contribution in [0.15, 0.2) is 52.4 Å². The molecule has 1 amide bonds. The number of carbonyl (C=O) groups excluding carboxylic acids is 2. The number of hydrogen-bond acceptors (Lipinski definition) is 5. The number of nitrogens with one attached hydrogen (secondary N) is 1. The number of amidine groups is 1. The highest BCUT2D eigenvalue weighted by Crippen LogP contribution is 2.33. The summed E-state index contributed by atoms with van der Waals surface area (Å²) >= 11 is 7.48. The maximum atomic E-state index is 12.6. The molecule has 0 bridgehead atoms. The van der Waals surface area contributed by atoms with Crippen molar-refractivity contribution >= 4 is 52.2 Å². The zero-order valence-corrected chi connectivity index (χ0v) is 21.1. The highest BCUT2D eigenvalue weighted by Gasteiger charge is 2.25. The fourth-order valence-electron chi connectivity index (χ4n) is 3.95. The van der Waals surface area contributed by atoms with Crippen molar-refractivity contribution in [2.75, 3.05) is 7.11 Å². The van der Waals surface area contributed by atoms with Gasteiger partial charge in [-0.05, 0) is 92.6 Å². The second kappa shape index (κ2) is 9.52. The molecule has 34 heavy (non-hydrogen) atoms. The largest absolute Gasteiger partial charge is 0.465 e. The molecule has 1 aromatic heterocycles. The van der Waals surface area contributed by atoms with E-state index < -0.39 is 0 Å². The van der Waals surface area contributed by atoms with Gasteiger partial charge in [-0.15, -0.1) is 0 Å². The van der Waals surface area contributed by atoms with Crippen molar-refractivity contribution in [2.24, 2.45) is 4.99 Å². The molecule has 1 N–H and O–H groups in total. The van der Waals surface area contributed by atoms with E-state index in [1.54, 1.807) is 6.07 Å². The van der Waals surface area contributed by atoms with Gasteiger partial charge in [0.05, 0.1) is 23.3 Å². The van der Waals surface area contributed by atoms with Crippen molar-refractivity contribution < 1.29 is 14.3 Å². The summed E-state index contributed by atoms with van der Waals surface area (Å²) in [5.41, 5.74) is 6.68. The second-order valence-electron chi connectivity index (χ2n) is 7.97. The first-order chi connectivity index (χ1) is 16.2. The van der Waals surface area contributed by atoms with Crippen molar-refractivity contribution in [3.63, 3.8) is 0 Å². The average molecular weight is 494 g/mol. The minimum absolute atomic E-state index is 0.197. The molecule has 0 saturated carbocycles. The normalized spacial score (nSPS) is 15.8. The summed E-state index contributed by atoms with van der Waals surface area (Å²) < 4.78 is 7.00. The highest BCUT2D eigenvalue weighted by atomic mass is 35.5. The van der Waals surface area contributed by atoms with Gasteiger partial charge < -0.3 is 14.6 Å². The van der Waals surface area contributed by atoms with Crippen LogP contribution >= 0.6 is 23.4 Å². The number of amides is 1. The van der Waals surface area contributed by atoms with E-state index >= 15 is 0 Å². The molecule has 8 heteroatoms. The molecule has 174 valence electrons. The van der Waals surface area contributed by atoms with Gasteiger partial charge in [0.25, 0.3) is 5.91 Å². The number of halogens is 1. The first-order valence-corrected chi connectivity index (χ1v) is 11.8. The molecule has 0 radical (unpaired) electrons. The molecule has 3 aromatic rings. The lowest BCUT2D eigenvalue weighted by Gasteiger charge is -2.15. The van der Waals surface area contributed by atoms with Crippen LogP contribution in [0.2, 0.25) is 5.02 Å². The smallest absolute Gasteiger partial charge is 0.338 e. The minimum Gasteiger partial charge on any atom is -0.465 e. The van der Waals surface area contributed by atoms with E-state index in [2.05, 4.69) is 14.9 Å². The van der Waals surface area contributed by atoms with Crippen LogP contribution in [0, 0.1) is 27.7 Å². The Balaban J connectivity index is 1.69. The average Bonchev–Trinajstić information content (AvgIpc) is 3.29. The van der Waals surface area contributed by atoms with E-state index in [9.17, 15) is 9.59 Å². The van der Waals surface area contributed by atoms with Gasteiger partial charge in [0.2, 0.25) is 0 Å². The van der Waals surface area contributed by atoms with Crippen LogP contribution in [0.3, 0.4) is 0 Å². The molecule has 0 atom stereocenters. The molecule has 2 heterocycles. The molecular formula is C26H24ClN3O3S. The standard InChI is InChI=1S/C26H24ClN3O3S/c1-14-12-18(17(4)30(14)22-11-6-8-19(15(22)2)25(32)33-5)13-23-24(31)29-26(34-23)28-21-10-7-9-20(27)16(21)3/h6-13H,1-5H3,(H,28,29,31)/b23-13+. The third kappa shape index (κ3) is 4.41.